The van der Waals surface area contributed by atoms with E-state index in [0.29, 0.717) is 11.6 Å². The standard InChI is InChI=1S/C16H33N3/c1-5-15-11-19(9-8-18(15)4)16(12-17)7-6-13(2)14(3)10-16/h13-15H,5-12,17H2,1-4H3. The Hall–Kier alpha value is -0.120. The number of likely N-dealkylation sites (N-methyl/N-ethyl adjacent to an activating group) is 1. The van der Waals surface area contributed by atoms with Crippen LogP contribution in [0.25, 0.3) is 0 Å². The number of hydrogen-bond donors (Lipinski definition) is 1. The van der Waals surface area contributed by atoms with Crippen molar-refractivity contribution >= 4 is 0 Å². The van der Waals surface area contributed by atoms with E-state index in [-0.39, 0.29) is 0 Å². The monoisotopic (exact) mass is 267 g/mol. The van der Waals surface area contributed by atoms with Crippen molar-refractivity contribution in [1.29, 1.82) is 0 Å². The molecule has 1 saturated carbocycles. The molecule has 3 heteroatoms. The van der Waals surface area contributed by atoms with Gasteiger partial charge >= 0.3 is 0 Å². The van der Waals surface area contributed by atoms with Crippen molar-refractivity contribution in [3.63, 3.8) is 0 Å². The lowest BCUT2D eigenvalue weighted by atomic mass is 9.70. The Balaban J connectivity index is 2.09. The van der Waals surface area contributed by atoms with E-state index in [1.807, 2.05) is 0 Å². The molecule has 19 heavy (non-hydrogen) atoms. The summed E-state index contributed by atoms with van der Waals surface area (Å²) >= 11 is 0. The highest BCUT2D eigenvalue weighted by Gasteiger charge is 2.43. The number of nitrogens with two attached hydrogens (primary N) is 1. The van der Waals surface area contributed by atoms with Gasteiger partial charge in [0.15, 0.2) is 0 Å². The van der Waals surface area contributed by atoms with Crippen LogP contribution in [0.5, 0.6) is 0 Å². The van der Waals surface area contributed by atoms with E-state index >= 15 is 0 Å². The van der Waals surface area contributed by atoms with Crippen molar-refractivity contribution < 1.29 is 0 Å². The van der Waals surface area contributed by atoms with Crippen molar-refractivity contribution in [2.75, 3.05) is 33.2 Å². The highest BCUT2D eigenvalue weighted by molar-refractivity contribution is 5.00. The van der Waals surface area contributed by atoms with E-state index in [1.54, 1.807) is 0 Å². The van der Waals surface area contributed by atoms with Crippen LogP contribution in [0.4, 0.5) is 0 Å². The Morgan fingerprint density at radius 1 is 1.21 bits per heavy atom. The lowest BCUT2D eigenvalue weighted by Crippen LogP contribution is -2.64. The maximum absolute atomic E-state index is 6.24. The van der Waals surface area contributed by atoms with E-state index in [0.717, 1.165) is 18.4 Å². The number of hydrogen-bond acceptors (Lipinski definition) is 3. The summed E-state index contributed by atoms with van der Waals surface area (Å²) < 4.78 is 0. The van der Waals surface area contributed by atoms with Gasteiger partial charge in [-0.15, -0.1) is 0 Å². The van der Waals surface area contributed by atoms with Gasteiger partial charge in [0.2, 0.25) is 0 Å². The number of rotatable bonds is 3. The van der Waals surface area contributed by atoms with Crippen LogP contribution in [0.2, 0.25) is 0 Å². The van der Waals surface area contributed by atoms with Crippen molar-refractivity contribution in [2.45, 2.75) is 58.0 Å². The molecule has 4 unspecified atom stereocenters. The quantitative estimate of drug-likeness (QED) is 0.850. The fourth-order valence-corrected chi connectivity index (χ4v) is 4.10. The van der Waals surface area contributed by atoms with Gasteiger partial charge in [-0.05, 0) is 44.6 Å². The predicted octanol–water partition coefficient (Wildman–Crippen LogP) is 2.17. The minimum atomic E-state index is 0.292. The molecule has 112 valence electrons. The SMILES string of the molecule is CCC1CN(C2(CN)CCC(C)C(C)C2)CCN1C. The highest BCUT2D eigenvalue weighted by Crippen LogP contribution is 2.40. The molecule has 2 N–H and O–H groups in total. The van der Waals surface area contributed by atoms with Gasteiger partial charge in [0.25, 0.3) is 0 Å². The first-order chi connectivity index (χ1) is 9.02. The third-order valence-corrected chi connectivity index (χ3v) is 6.04. The predicted molar refractivity (Wildman–Crippen MR) is 82.2 cm³/mol. The average molecular weight is 267 g/mol. The zero-order chi connectivity index (χ0) is 14.0. The highest BCUT2D eigenvalue weighted by atomic mass is 15.3. The molecule has 2 aliphatic rings. The minimum Gasteiger partial charge on any atom is -0.329 e. The molecule has 0 bridgehead atoms. The Morgan fingerprint density at radius 2 is 1.95 bits per heavy atom. The second-order valence-electron chi connectivity index (χ2n) is 7.11. The van der Waals surface area contributed by atoms with Crippen LogP contribution in [0.3, 0.4) is 0 Å². The number of nitrogens with zero attached hydrogens (tertiary/aromatic N) is 2. The molecule has 0 amide bonds. The Labute approximate surface area is 119 Å². The molecule has 3 nitrogen and oxygen atoms in total. The maximum atomic E-state index is 6.24. The summed E-state index contributed by atoms with van der Waals surface area (Å²) in [5.41, 5.74) is 6.54. The van der Waals surface area contributed by atoms with E-state index in [4.69, 9.17) is 5.73 Å². The Kier molecular flexibility index (Phi) is 4.91. The topological polar surface area (TPSA) is 32.5 Å². The second kappa shape index (κ2) is 6.11. The van der Waals surface area contributed by atoms with Crippen LogP contribution in [-0.4, -0.2) is 54.6 Å². The molecule has 1 aliphatic heterocycles. The Morgan fingerprint density at radius 3 is 2.53 bits per heavy atom. The van der Waals surface area contributed by atoms with Gasteiger partial charge in [-0.1, -0.05) is 20.8 Å². The van der Waals surface area contributed by atoms with Crippen molar-refractivity contribution in [2.24, 2.45) is 17.6 Å². The largest absolute Gasteiger partial charge is 0.329 e. The molecule has 0 spiro atoms. The minimum absolute atomic E-state index is 0.292. The van der Waals surface area contributed by atoms with Gasteiger partial charge < -0.3 is 10.6 Å². The third-order valence-electron chi connectivity index (χ3n) is 6.04. The summed E-state index contributed by atoms with van der Waals surface area (Å²) in [5.74, 6) is 1.69. The second-order valence-corrected chi connectivity index (χ2v) is 7.11. The van der Waals surface area contributed by atoms with E-state index < -0.39 is 0 Å². The first kappa shape index (κ1) is 15.3. The van der Waals surface area contributed by atoms with Gasteiger partial charge in [0.05, 0.1) is 0 Å². The lowest BCUT2D eigenvalue weighted by molar-refractivity contribution is -0.0269. The van der Waals surface area contributed by atoms with Crippen LogP contribution in [-0.2, 0) is 0 Å². The van der Waals surface area contributed by atoms with E-state index in [2.05, 4.69) is 37.6 Å². The van der Waals surface area contributed by atoms with Crippen LogP contribution in [0, 0.1) is 11.8 Å². The Bertz CT molecular complexity index is 294. The third kappa shape index (κ3) is 2.98. The summed E-state index contributed by atoms with van der Waals surface area (Å²) in [6.45, 7) is 11.6. The summed E-state index contributed by atoms with van der Waals surface area (Å²) in [6.07, 6.45) is 5.20. The molecule has 0 aromatic rings. The van der Waals surface area contributed by atoms with Crippen molar-refractivity contribution in [3.8, 4) is 0 Å². The van der Waals surface area contributed by atoms with E-state index in [9.17, 15) is 0 Å². The fraction of sp³-hybridized carbons (Fsp3) is 1.00. The molecule has 0 aromatic carbocycles. The van der Waals surface area contributed by atoms with Gasteiger partial charge in [0.1, 0.15) is 0 Å². The summed E-state index contributed by atoms with van der Waals surface area (Å²) in [4.78, 5) is 5.26. The normalized spacial score (nSPS) is 42.5. The molecule has 4 atom stereocenters. The summed E-state index contributed by atoms with van der Waals surface area (Å²) in [7, 11) is 2.27. The molecule has 1 aliphatic carbocycles. The van der Waals surface area contributed by atoms with Crippen LogP contribution in [0.15, 0.2) is 0 Å². The molecule has 0 radical (unpaired) electrons. The van der Waals surface area contributed by atoms with Crippen LogP contribution < -0.4 is 5.73 Å². The van der Waals surface area contributed by atoms with Gasteiger partial charge in [0, 0.05) is 37.8 Å². The molecule has 2 rings (SSSR count). The van der Waals surface area contributed by atoms with Crippen molar-refractivity contribution in [3.05, 3.63) is 0 Å². The molecule has 2 fully saturated rings. The van der Waals surface area contributed by atoms with E-state index in [1.165, 1.54) is 45.3 Å². The summed E-state index contributed by atoms with van der Waals surface area (Å²) in [6, 6.07) is 0.715. The van der Waals surface area contributed by atoms with Crippen molar-refractivity contribution in [1.82, 2.24) is 9.80 Å². The van der Waals surface area contributed by atoms with Crippen LogP contribution >= 0.6 is 0 Å². The molecule has 1 saturated heterocycles. The lowest BCUT2D eigenvalue weighted by Gasteiger charge is -2.53. The van der Waals surface area contributed by atoms with Gasteiger partial charge in [-0.2, -0.15) is 0 Å². The zero-order valence-corrected chi connectivity index (χ0v) is 13.4. The van der Waals surface area contributed by atoms with Gasteiger partial charge in [-0.25, -0.2) is 0 Å². The van der Waals surface area contributed by atoms with Crippen LogP contribution in [0.1, 0.15) is 46.5 Å². The van der Waals surface area contributed by atoms with Gasteiger partial charge in [-0.3, -0.25) is 4.90 Å². The molecular weight excluding hydrogens is 234 g/mol. The first-order valence-electron chi connectivity index (χ1n) is 8.17. The first-order valence-corrected chi connectivity index (χ1v) is 8.17. The average Bonchev–Trinajstić information content (AvgIpc) is 2.42. The molecular formula is C16H33N3. The fourth-order valence-electron chi connectivity index (χ4n) is 4.10. The maximum Gasteiger partial charge on any atom is 0.0335 e. The smallest absolute Gasteiger partial charge is 0.0335 e. The molecule has 1 heterocycles. The molecule has 0 aromatic heterocycles. The summed E-state index contributed by atoms with van der Waals surface area (Å²) in [5, 5.41) is 0. The zero-order valence-electron chi connectivity index (χ0n) is 13.4. The number of piperazine rings is 1.